The number of rotatable bonds is 7. The Morgan fingerprint density at radius 2 is 2.20 bits per heavy atom. The molecule has 1 unspecified atom stereocenters. The first kappa shape index (κ1) is 25.6. The lowest BCUT2D eigenvalue weighted by Gasteiger charge is -2.38. The monoisotopic (exact) mass is 528 g/mol. The summed E-state index contributed by atoms with van der Waals surface area (Å²) in [4.78, 5) is 23.6. The number of hydrogen-bond donors (Lipinski definition) is 1. The average molecular weight is 529 g/mol. The molecule has 35 heavy (non-hydrogen) atoms. The zero-order chi connectivity index (χ0) is 25.2. The molecule has 1 aromatic carbocycles. The minimum atomic E-state index is -3.06. The number of benzene rings is 1. The summed E-state index contributed by atoms with van der Waals surface area (Å²) in [5, 5.41) is 5.50. The lowest BCUT2D eigenvalue weighted by molar-refractivity contribution is -0.161. The number of amidine groups is 1. The first-order valence-corrected chi connectivity index (χ1v) is 12.2. The van der Waals surface area contributed by atoms with Crippen LogP contribution in [0.4, 0.5) is 13.2 Å². The molecule has 0 spiro atoms. The van der Waals surface area contributed by atoms with Gasteiger partial charge in [0.2, 0.25) is 0 Å². The molecule has 2 atom stereocenters. The molecule has 0 saturated carbocycles. The second-order valence-electron chi connectivity index (χ2n) is 8.11. The van der Waals surface area contributed by atoms with Gasteiger partial charge in [0.15, 0.2) is 10.8 Å². The molecular weight excluding hydrogens is 505 g/mol. The molecule has 2 aliphatic rings. The van der Waals surface area contributed by atoms with Crippen molar-refractivity contribution in [3.05, 3.63) is 62.5 Å². The van der Waals surface area contributed by atoms with Crippen molar-refractivity contribution in [2.75, 3.05) is 33.4 Å². The number of esters is 1. The summed E-state index contributed by atoms with van der Waals surface area (Å²) in [6, 6.07) is 2.86. The van der Waals surface area contributed by atoms with Gasteiger partial charge in [0, 0.05) is 48.1 Å². The van der Waals surface area contributed by atoms with E-state index in [1.165, 1.54) is 30.6 Å². The number of ether oxygens (including phenoxy) is 2. The van der Waals surface area contributed by atoms with Gasteiger partial charge in [0.25, 0.3) is 5.92 Å². The second-order valence-corrected chi connectivity index (χ2v) is 9.41. The fourth-order valence-electron chi connectivity index (χ4n) is 4.21. The van der Waals surface area contributed by atoms with Gasteiger partial charge in [-0.3, -0.25) is 9.89 Å². The summed E-state index contributed by atoms with van der Waals surface area (Å²) in [5.74, 6) is -3.91. The zero-order valence-electron chi connectivity index (χ0n) is 19.1. The molecule has 1 aromatic heterocycles. The number of piperidine rings is 1. The molecular formula is C23H24ClF3N4O3S. The number of nitrogens with zero attached hydrogens (tertiary/aromatic N) is 3. The van der Waals surface area contributed by atoms with E-state index in [4.69, 9.17) is 21.1 Å². The number of alkyl halides is 2. The molecule has 0 radical (unpaired) electrons. The maximum Gasteiger partial charge on any atom is 0.338 e. The highest BCUT2D eigenvalue weighted by Gasteiger charge is 2.45. The fourth-order valence-corrected chi connectivity index (χ4v) is 5.06. The molecule has 2 aromatic rings. The Morgan fingerprint density at radius 1 is 1.40 bits per heavy atom. The Hall–Kier alpha value is -2.47. The van der Waals surface area contributed by atoms with Gasteiger partial charge in [-0.2, -0.15) is 0 Å². The number of thiazole rings is 1. The summed E-state index contributed by atoms with van der Waals surface area (Å²) in [6.45, 7) is 1.55. The Kier molecular flexibility index (Phi) is 7.80. The van der Waals surface area contributed by atoms with Gasteiger partial charge in [-0.05, 0) is 25.5 Å². The van der Waals surface area contributed by atoms with Crippen LogP contribution in [0.25, 0.3) is 0 Å². The van der Waals surface area contributed by atoms with E-state index in [0.717, 1.165) is 6.07 Å². The molecule has 7 nitrogen and oxygen atoms in total. The van der Waals surface area contributed by atoms with Crippen molar-refractivity contribution in [2.45, 2.75) is 31.4 Å². The van der Waals surface area contributed by atoms with Crippen LogP contribution < -0.4 is 5.32 Å². The minimum Gasteiger partial charge on any atom is -0.463 e. The summed E-state index contributed by atoms with van der Waals surface area (Å²) in [6.07, 6.45) is 0.561. The van der Waals surface area contributed by atoms with E-state index in [9.17, 15) is 18.0 Å². The van der Waals surface area contributed by atoms with Crippen LogP contribution in [0.5, 0.6) is 0 Å². The summed E-state index contributed by atoms with van der Waals surface area (Å²) in [5.41, 5.74) is 0.853. The molecule has 12 heteroatoms. The predicted octanol–water partition coefficient (Wildman–Crippen LogP) is 4.20. The standard InChI is InChI=1S/C23H24ClF3N4O3S/c1-3-34-22(32)18-16(11-31-8-6-17(33-2)23(26,27)12-31)29-20(21-28-7-9-35-21)30-19(18)14-5-4-13(25)10-15(14)24/h4-5,7,9-10,17,19H,3,6,8,11-12H2,1-2H3,(H,29,30)/t17?,19-/m0/s1. The zero-order valence-corrected chi connectivity index (χ0v) is 20.6. The molecule has 1 N–H and O–H groups in total. The van der Waals surface area contributed by atoms with Crippen LogP contribution in [0, 0.1) is 5.82 Å². The van der Waals surface area contributed by atoms with E-state index >= 15 is 0 Å². The molecule has 188 valence electrons. The van der Waals surface area contributed by atoms with Gasteiger partial charge < -0.3 is 14.8 Å². The number of methoxy groups -OCH3 is 1. The van der Waals surface area contributed by atoms with Gasteiger partial charge in [-0.15, -0.1) is 11.3 Å². The molecule has 1 saturated heterocycles. The highest BCUT2D eigenvalue weighted by Crippen LogP contribution is 2.37. The smallest absolute Gasteiger partial charge is 0.338 e. The van der Waals surface area contributed by atoms with Crippen LogP contribution in [-0.4, -0.2) is 67.1 Å². The average Bonchev–Trinajstić information content (AvgIpc) is 3.33. The van der Waals surface area contributed by atoms with Crippen molar-refractivity contribution in [3.63, 3.8) is 0 Å². The maximum absolute atomic E-state index is 14.6. The predicted molar refractivity (Wildman–Crippen MR) is 126 cm³/mol. The molecule has 3 heterocycles. The summed E-state index contributed by atoms with van der Waals surface area (Å²) in [7, 11) is 1.27. The molecule has 0 amide bonds. The van der Waals surface area contributed by atoms with Crippen LogP contribution >= 0.6 is 22.9 Å². The number of carbonyl (C=O) groups excluding carboxylic acids is 1. The number of halogens is 4. The number of hydrogen-bond acceptors (Lipinski definition) is 8. The van der Waals surface area contributed by atoms with E-state index < -0.39 is 36.4 Å². The van der Waals surface area contributed by atoms with Crippen molar-refractivity contribution in [2.24, 2.45) is 4.99 Å². The van der Waals surface area contributed by atoms with Gasteiger partial charge in [-0.1, -0.05) is 17.7 Å². The van der Waals surface area contributed by atoms with Crippen LogP contribution in [-0.2, 0) is 14.3 Å². The summed E-state index contributed by atoms with van der Waals surface area (Å²) < 4.78 is 53.2. The number of nitrogens with one attached hydrogen (secondary N) is 1. The Morgan fingerprint density at radius 3 is 2.83 bits per heavy atom. The van der Waals surface area contributed by atoms with Crippen LogP contribution in [0.3, 0.4) is 0 Å². The van der Waals surface area contributed by atoms with Crippen molar-refractivity contribution in [1.29, 1.82) is 0 Å². The molecule has 4 rings (SSSR count). The molecule has 1 fully saturated rings. The second kappa shape index (κ2) is 10.7. The van der Waals surface area contributed by atoms with E-state index in [0.29, 0.717) is 28.6 Å². The Labute approximate surface area is 209 Å². The van der Waals surface area contributed by atoms with Crippen molar-refractivity contribution < 1.29 is 27.4 Å². The SMILES string of the molecule is CCOC(=O)C1=C(CN2CCC(OC)C(F)(F)C2)NC(c2nccs2)=N[C@H]1c1ccc(F)cc1Cl. The highest BCUT2D eigenvalue weighted by molar-refractivity contribution is 7.11. The summed E-state index contributed by atoms with van der Waals surface area (Å²) >= 11 is 7.67. The number of likely N-dealkylation sites (tertiary alicyclic amines) is 1. The van der Waals surface area contributed by atoms with Crippen LogP contribution in [0.2, 0.25) is 5.02 Å². The van der Waals surface area contributed by atoms with Crippen molar-refractivity contribution in [1.82, 2.24) is 15.2 Å². The lowest BCUT2D eigenvalue weighted by atomic mass is 9.94. The Balaban J connectivity index is 1.78. The first-order chi connectivity index (χ1) is 16.7. The minimum absolute atomic E-state index is 0.000118. The quantitative estimate of drug-likeness (QED) is 0.543. The third-order valence-corrected chi connectivity index (χ3v) is 6.90. The third-order valence-electron chi connectivity index (χ3n) is 5.79. The van der Waals surface area contributed by atoms with Gasteiger partial charge >= 0.3 is 5.97 Å². The van der Waals surface area contributed by atoms with Crippen LogP contribution in [0.1, 0.15) is 30.0 Å². The van der Waals surface area contributed by atoms with Gasteiger partial charge in [0.1, 0.15) is 18.0 Å². The molecule has 0 bridgehead atoms. The Bertz CT molecular complexity index is 1140. The number of aromatic nitrogens is 1. The molecule has 0 aliphatic carbocycles. The maximum atomic E-state index is 14.6. The van der Waals surface area contributed by atoms with Crippen LogP contribution in [0.15, 0.2) is 46.0 Å². The fraction of sp³-hybridized carbons (Fsp3) is 0.435. The first-order valence-electron chi connectivity index (χ1n) is 11.0. The van der Waals surface area contributed by atoms with E-state index in [-0.39, 0.29) is 30.2 Å². The normalized spacial score (nSPS) is 22.5. The third kappa shape index (κ3) is 5.53. The lowest BCUT2D eigenvalue weighted by Crippen LogP contribution is -2.53. The highest BCUT2D eigenvalue weighted by atomic mass is 35.5. The van der Waals surface area contributed by atoms with Gasteiger partial charge in [-0.25, -0.2) is 22.9 Å². The van der Waals surface area contributed by atoms with Crippen molar-refractivity contribution in [3.8, 4) is 0 Å². The van der Waals surface area contributed by atoms with Crippen molar-refractivity contribution >= 4 is 34.7 Å². The molecule has 2 aliphatic heterocycles. The number of aliphatic imine (C=N–C) groups is 1. The number of carbonyl (C=O) groups is 1. The van der Waals surface area contributed by atoms with Gasteiger partial charge in [0.05, 0.1) is 18.7 Å². The van der Waals surface area contributed by atoms with E-state index in [2.05, 4.69) is 15.3 Å². The largest absolute Gasteiger partial charge is 0.463 e. The van der Waals surface area contributed by atoms with E-state index in [1.807, 2.05) is 0 Å². The topological polar surface area (TPSA) is 76.0 Å². The van der Waals surface area contributed by atoms with E-state index in [1.54, 1.807) is 23.4 Å².